The average Bonchev–Trinajstić information content (AvgIpc) is 2.93. The maximum absolute atomic E-state index is 10.3. The van der Waals surface area contributed by atoms with E-state index in [0.29, 0.717) is 22.6 Å². The van der Waals surface area contributed by atoms with Gasteiger partial charge in [-0.15, -0.1) is 10.2 Å². The number of rotatable bonds is 6. The molecule has 0 bridgehead atoms. The van der Waals surface area contributed by atoms with Gasteiger partial charge in [0.05, 0.1) is 20.0 Å². The minimum atomic E-state index is 0.285. The third-order valence-electron chi connectivity index (χ3n) is 2.31. The van der Waals surface area contributed by atoms with Crippen LogP contribution in [-0.2, 0) is 4.79 Å². The molecule has 0 unspecified atom stereocenters. The Balaban J connectivity index is 2.26. The van der Waals surface area contributed by atoms with Crippen molar-refractivity contribution in [1.82, 2.24) is 10.2 Å². The minimum absolute atomic E-state index is 0.285. The molecule has 1 heterocycles. The van der Waals surface area contributed by atoms with Gasteiger partial charge in [0.25, 0.3) is 5.22 Å². The first-order chi connectivity index (χ1) is 9.28. The Hall–Kier alpha value is -2.02. The molecule has 0 aliphatic rings. The number of carbonyl (C=O) groups is 1. The topological polar surface area (TPSA) is 74.5 Å². The summed E-state index contributed by atoms with van der Waals surface area (Å²) in [6, 6.07) is 5.31. The molecule has 2 aromatic rings. The lowest BCUT2D eigenvalue weighted by Crippen LogP contribution is -1.90. The molecule has 1 aromatic heterocycles. The van der Waals surface area contributed by atoms with E-state index >= 15 is 0 Å². The van der Waals surface area contributed by atoms with Crippen molar-refractivity contribution in [3.05, 3.63) is 18.2 Å². The molecule has 0 radical (unpaired) electrons. The second kappa shape index (κ2) is 6.24. The largest absolute Gasteiger partial charge is 0.493 e. The van der Waals surface area contributed by atoms with Crippen molar-refractivity contribution in [2.75, 3.05) is 20.0 Å². The third kappa shape index (κ3) is 3.05. The fourth-order valence-corrected chi connectivity index (χ4v) is 1.91. The van der Waals surface area contributed by atoms with Gasteiger partial charge in [-0.2, -0.15) is 0 Å². The minimum Gasteiger partial charge on any atom is -0.493 e. The molecule has 0 atom stereocenters. The van der Waals surface area contributed by atoms with Crippen LogP contribution < -0.4 is 9.47 Å². The third-order valence-corrected chi connectivity index (χ3v) is 3.03. The zero-order valence-corrected chi connectivity index (χ0v) is 11.3. The molecular formula is C12H12N2O4S. The number of carbonyl (C=O) groups excluding carboxylic acids is 1. The fourth-order valence-electron chi connectivity index (χ4n) is 1.46. The summed E-state index contributed by atoms with van der Waals surface area (Å²) in [7, 11) is 3.12. The fraction of sp³-hybridized carbons (Fsp3) is 0.250. The van der Waals surface area contributed by atoms with Crippen molar-refractivity contribution in [1.29, 1.82) is 0 Å². The number of hydrogen-bond donors (Lipinski definition) is 0. The van der Waals surface area contributed by atoms with Crippen LogP contribution in [0.3, 0.4) is 0 Å². The summed E-state index contributed by atoms with van der Waals surface area (Å²) >= 11 is 1.19. The smallest absolute Gasteiger partial charge is 0.277 e. The van der Waals surface area contributed by atoms with Gasteiger partial charge >= 0.3 is 0 Å². The van der Waals surface area contributed by atoms with E-state index in [1.165, 1.54) is 11.8 Å². The van der Waals surface area contributed by atoms with Gasteiger partial charge in [0.1, 0.15) is 6.29 Å². The molecule has 0 spiro atoms. The molecule has 1 aromatic carbocycles. The van der Waals surface area contributed by atoms with E-state index in [1.807, 2.05) is 0 Å². The van der Waals surface area contributed by atoms with Gasteiger partial charge in [-0.05, 0) is 18.2 Å². The number of aldehydes is 1. The van der Waals surface area contributed by atoms with Gasteiger partial charge in [-0.3, -0.25) is 0 Å². The van der Waals surface area contributed by atoms with Gasteiger partial charge in [0, 0.05) is 5.56 Å². The standard InChI is InChI=1S/C12H12N2O4S/c1-16-9-4-3-8(7-10(9)17-2)11-13-14-12(18-11)19-6-5-15/h3-5,7H,6H2,1-2H3. The summed E-state index contributed by atoms with van der Waals surface area (Å²) in [6.45, 7) is 0. The monoisotopic (exact) mass is 280 g/mol. The molecule has 6 nitrogen and oxygen atoms in total. The van der Waals surface area contributed by atoms with Gasteiger partial charge < -0.3 is 18.7 Å². The van der Waals surface area contributed by atoms with Crippen LogP contribution in [0.1, 0.15) is 0 Å². The molecule has 2 rings (SSSR count). The lowest BCUT2D eigenvalue weighted by Gasteiger charge is -2.07. The van der Waals surface area contributed by atoms with Crippen molar-refractivity contribution < 1.29 is 18.7 Å². The Kier molecular flexibility index (Phi) is 4.40. The van der Waals surface area contributed by atoms with E-state index < -0.39 is 0 Å². The second-order valence-corrected chi connectivity index (χ2v) is 4.39. The van der Waals surface area contributed by atoms with Crippen molar-refractivity contribution in [3.63, 3.8) is 0 Å². The molecular weight excluding hydrogens is 268 g/mol. The van der Waals surface area contributed by atoms with Crippen LogP contribution in [0, 0.1) is 0 Å². The lowest BCUT2D eigenvalue weighted by molar-refractivity contribution is -0.105. The van der Waals surface area contributed by atoms with Crippen LogP contribution in [0.15, 0.2) is 27.8 Å². The Bertz CT molecular complexity index is 571. The molecule has 0 N–H and O–H groups in total. The molecule has 19 heavy (non-hydrogen) atoms. The lowest BCUT2D eigenvalue weighted by atomic mass is 10.2. The number of hydrogen-bond acceptors (Lipinski definition) is 7. The molecule has 100 valence electrons. The summed E-state index contributed by atoms with van der Waals surface area (Å²) in [5.74, 6) is 1.86. The highest BCUT2D eigenvalue weighted by Gasteiger charge is 2.12. The molecule has 0 aliphatic heterocycles. The van der Waals surface area contributed by atoms with E-state index in [4.69, 9.17) is 13.9 Å². The van der Waals surface area contributed by atoms with Crippen LogP contribution >= 0.6 is 11.8 Å². The molecule has 0 aliphatic carbocycles. The van der Waals surface area contributed by atoms with E-state index in [9.17, 15) is 4.79 Å². The quantitative estimate of drug-likeness (QED) is 0.592. The zero-order chi connectivity index (χ0) is 13.7. The van der Waals surface area contributed by atoms with Crippen LogP contribution in [0.5, 0.6) is 11.5 Å². The number of aromatic nitrogens is 2. The summed E-state index contributed by atoms with van der Waals surface area (Å²) < 4.78 is 15.8. The maximum atomic E-state index is 10.3. The van der Waals surface area contributed by atoms with Crippen LogP contribution in [-0.4, -0.2) is 36.5 Å². The first kappa shape index (κ1) is 13.4. The van der Waals surface area contributed by atoms with Crippen LogP contribution in [0.2, 0.25) is 0 Å². The van der Waals surface area contributed by atoms with E-state index in [-0.39, 0.29) is 5.75 Å². The van der Waals surface area contributed by atoms with E-state index in [1.54, 1.807) is 32.4 Å². The Morgan fingerprint density at radius 1 is 1.26 bits per heavy atom. The van der Waals surface area contributed by atoms with Crippen molar-refractivity contribution in [2.45, 2.75) is 5.22 Å². The summed E-state index contributed by atoms with van der Waals surface area (Å²) in [4.78, 5) is 10.3. The normalized spacial score (nSPS) is 10.2. The average molecular weight is 280 g/mol. The Labute approximate surface area is 114 Å². The van der Waals surface area contributed by atoms with Gasteiger partial charge in [0.15, 0.2) is 11.5 Å². The van der Waals surface area contributed by atoms with Gasteiger partial charge in [-0.25, -0.2) is 0 Å². The molecule has 7 heteroatoms. The van der Waals surface area contributed by atoms with E-state index in [0.717, 1.165) is 11.8 Å². The Morgan fingerprint density at radius 3 is 2.74 bits per heavy atom. The second-order valence-electron chi connectivity index (χ2n) is 3.42. The molecule has 0 saturated heterocycles. The highest BCUT2D eigenvalue weighted by Crippen LogP contribution is 2.32. The number of benzene rings is 1. The highest BCUT2D eigenvalue weighted by atomic mass is 32.2. The zero-order valence-electron chi connectivity index (χ0n) is 10.5. The van der Waals surface area contributed by atoms with Gasteiger partial charge in [-0.1, -0.05) is 11.8 Å². The molecule has 0 saturated carbocycles. The van der Waals surface area contributed by atoms with Gasteiger partial charge in [0.2, 0.25) is 5.89 Å². The van der Waals surface area contributed by atoms with Crippen molar-refractivity contribution >= 4 is 18.0 Å². The summed E-state index contributed by atoms with van der Waals surface area (Å²) in [5, 5.41) is 8.12. The first-order valence-electron chi connectivity index (χ1n) is 5.40. The SMILES string of the molecule is COc1ccc(-c2nnc(SCC=O)o2)cc1OC. The van der Waals surface area contributed by atoms with Crippen LogP contribution in [0.4, 0.5) is 0 Å². The first-order valence-corrected chi connectivity index (χ1v) is 6.39. The van der Waals surface area contributed by atoms with Crippen molar-refractivity contribution in [2.24, 2.45) is 0 Å². The molecule has 0 amide bonds. The number of thioether (sulfide) groups is 1. The van der Waals surface area contributed by atoms with Crippen LogP contribution in [0.25, 0.3) is 11.5 Å². The number of methoxy groups -OCH3 is 2. The number of nitrogens with zero attached hydrogens (tertiary/aromatic N) is 2. The maximum Gasteiger partial charge on any atom is 0.277 e. The number of ether oxygens (including phenoxy) is 2. The summed E-state index contributed by atoms with van der Waals surface area (Å²) in [6.07, 6.45) is 0.783. The Morgan fingerprint density at radius 2 is 2.05 bits per heavy atom. The van der Waals surface area contributed by atoms with Crippen molar-refractivity contribution in [3.8, 4) is 23.0 Å². The predicted molar refractivity (Wildman–Crippen MR) is 69.6 cm³/mol. The molecule has 0 fully saturated rings. The van der Waals surface area contributed by atoms with E-state index in [2.05, 4.69) is 10.2 Å². The predicted octanol–water partition coefficient (Wildman–Crippen LogP) is 2.04. The highest BCUT2D eigenvalue weighted by molar-refractivity contribution is 7.99. The summed E-state index contributed by atoms with van der Waals surface area (Å²) in [5.41, 5.74) is 0.725.